The molecule has 0 saturated heterocycles. The second kappa shape index (κ2) is 7.56. The lowest BCUT2D eigenvalue weighted by Gasteiger charge is -2.40. The van der Waals surface area contributed by atoms with Gasteiger partial charge in [-0.1, -0.05) is 55.0 Å². The average Bonchev–Trinajstić information content (AvgIpc) is 2.74. The summed E-state index contributed by atoms with van der Waals surface area (Å²) in [4.78, 5) is 0.311. The number of anilines is 1. The fourth-order valence-electron chi connectivity index (χ4n) is 4.05. The Morgan fingerprint density at radius 1 is 0.931 bits per heavy atom. The van der Waals surface area contributed by atoms with E-state index in [1.807, 2.05) is 67.6 Å². The zero-order chi connectivity index (χ0) is 20.6. The summed E-state index contributed by atoms with van der Waals surface area (Å²) in [7, 11) is -2.10. The Morgan fingerprint density at radius 3 is 2.24 bits per heavy atom. The van der Waals surface area contributed by atoms with E-state index in [2.05, 4.69) is 6.92 Å². The lowest BCUT2D eigenvalue weighted by atomic mass is 9.85. The highest BCUT2D eigenvalue weighted by Crippen LogP contribution is 2.47. The van der Waals surface area contributed by atoms with E-state index in [1.54, 1.807) is 23.5 Å². The molecule has 0 spiro atoms. The van der Waals surface area contributed by atoms with Crippen LogP contribution in [0.2, 0.25) is 0 Å². The van der Waals surface area contributed by atoms with Gasteiger partial charge in [-0.3, -0.25) is 4.31 Å². The van der Waals surface area contributed by atoms with Gasteiger partial charge in [0.2, 0.25) is 0 Å². The molecule has 29 heavy (non-hydrogen) atoms. The van der Waals surface area contributed by atoms with Crippen molar-refractivity contribution in [3.8, 4) is 5.75 Å². The van der Waals surface area contributed by atoms with Crippen LogP contribution in [0.25, 0.3) is 0 Å². The normalized spacial score (nSPS) is 18.9. The Balaban J connectivity index is 1.88. The third kappa shape index (κ3) is 3.51. The number of hydrogen-bond donors (Lipinski definition) is 0. The molecule has 0 N–H and O–H groups in total. The third-order valence-corrected chi connectivity index (χ3v) is 7.48. The van der Waals surface area contributed by atoms with Crippen molar-refractivity contribution >= 4 is 15.7 Å². The number of benzene rings is 3. The van der Waals surface area contributed by atoms with Crippen molar-refractivity contribution in [2.75, 3.05) is 11.4 Å². The zero-order valence-electron chi connectivity index (χ0n) is 16.9. The summed E-state index contributed by atoms with van der Waals surface area (Å²) in [6.45, 7) is 4.11. The van der Waals surface area contributed by atoms with E-state index in [0.29, 0.717) is 11.3 Å². The highest BCUT2D eigenvalue weighted by Gasteiger charge is 2.39. The molecule has 0 saturated carbocycles. The highest BCUT2D eigenvalue weighted by molar-refractivity contribution is 7.92. The molecule has 1 aliphatic rings. The molecule has 0 bridgehead atoms. The zero-order valence-corrected chi connectivity index (χ0v) is 17.7. The van der Waals surface area contributed by atoms with E-state index in [9.17, 15) is 8.42 Å². The summed E-state index contributed by atoms with van der Waals surface area (Å²) in [5.74, 6) is 1.01. The lowest BCUT2D eigenvalue weighted by molar-refractivity contribution is 0.414. The maximum atomic E-state index is 13.8. The topological polar surface area (TPSA) is 46.6 Å². The molecule has 5 heteroatoms. The number of methoxy groups -OCH3 is 1. The summed E-state index contributed by atoms with van der Waals surface area (Å²) in [6.07, 6.45) is 0.717. The van der Waals surface area contributed by atoms with Crippen LogP contribution in [0.1, 0.15) is 42.0 Å². The summed E-state index contributed by atoms with van der Waals surface area (Å²) in [5, 5.41) is 0. The van der Waals surface area contributed by atoms with Crippen molar-refractivity contribution < 1.29 is 13.2 Å². The first-order chi connectivity index (χ1) is 13.9. The summed E-state index contributed by atoms with van der Waals surface area (Å²) < 4.78 is 34.4. The van der Waals surface area contributed by atoms with Crippen molar-refractivity contribution in [3.63, 3.8) is 0 Å². The van der Waals surface area contributed by atoms with Crippen molar-refractivity contribution in [1.82, 2.24) is 0 Å². The number of fused-ring (bicyclic) bond motifs is 1. The quantitative estimate of drug-likeness (QED) is 0.578. The predicted octanol–water partition coefficient (Wildman–Crippen LogP) is 5.45. The number of para-hydroxylation sites is 1. The van der Waals surface area contributed by atoms with Gasteiger partial charge in [0.15, 0.2) is 0 Å². The van der Waals surface area contributed by atoms with Crippen LogP contribution in [0.4, 0.5) is 5.69 Å². The smallest absolute Gasteiger partial charge is 0.264 e. The predicted molar refractivity (Wildman–Crippen MR) is 116 cm³/mol. The Hall–Kier alpha value is -2.79. The van der Waals surface area contributed by atoms with Gasteiger partial charge < -0.3 is 4.74 Å². The lowest BCUT2D eigenvalue weighted by Crippen LogP contribution is -2.39. The van der Waals surface area contributed by atoms with Gasteiger partial charge in [-0.15, -0.1) is 0 Å². The number of hydrogen-bond acceptors (Lipinski definition) is 3. The molecule has 0 radical (unpaired) electrons. The fraction of sp³-hybridized carbons (Fsp3) is 0.250. The maximum absolute atomic E-state index is 13.8. The molecule has 3 aromatic carbocycles. The van der Waals surface area contributed by atoms with Crippen molar-refractivity contribution in [2.24, 2.45) is 0 Å². The van der Waals surface area contributed by atoms with Crippen LogP contribution in [0.15, 0.2) is 77.7 Å². The molecule has 4 rings (SSSR count). The van der Waals surface area contributed by atoms with Crippen LogP contribution in [-0.2, 0) is 10.0 Å². The van der Waals surface area contributed by atoms with Crippen LogP contribution in [0.5, 0.6) is 5.75 Å². The maximum Gasteiger partial charge on any atom is 0.264 e. The number of ether oxygens (including phenoxy) is 1. The summed E-state index contributed by atoms with van der Waals surface area (Å²) >= 11 is 0. The molecule has 1 aliphatic heterocycles. The summed E-state index contributed by atoms with van der Waals surface area (Å²) in [6, 6.07) is 22.3. The number of aryl methyl sites for hydroxylation is 1. The van der Waals surface area contributed by atoms with Crippen molar-refractivity contribution in [3.05, 3.63) is 89.5 Å². The standard InChI is InChI=1S/C24H25NO3S/c1-17-8-14-21(15-9-17)29(26,27)25-23-7-5-4-6-22(23)18(2)16-24(25)19-10-12-20(28-3)13-11-19/h4-15,18,24H,16H2,1-3H3/t18-,24-/m0/s1. The van der Waals surface area contributed by atoms with Gasteiger partial charge in [-0.05, 0) is 60.7 Å². The molecule has 3 aromatic rings. The van der Waals surface area contributed by atoms with E-state index in [0.717, 1.165) is 28.1 Å². The number of rotatable bonds is 4. The Morgan fingerprint density at radius 2 is 1.59 bits per heavy atom. The largest absolute Gasteiger partial charge is 0.497 e. The number of sulfonamides is 1. The first kappa shape index (κ1) is 19.5. The molecular weight excluding hydrogens is 382 g/mol. The van der Waals surface area contributed by atoms with Gasteiger partial charge in [-0.25, -0.2) is 8.42 Å². The minimum absolute atomic E-state index is 0.253. The second-order valence-electron chi connectivity index (χ2n) is 7.60. The average molecular weight is 408 g/mol. The molecule has 2 atom stereocenters. The first-order valence-corrected chi connectivity index (χ1v) is 11.2. The monoisotopic (exact) mass is 407 g/mol. The highest BCUT2D eigenvalue weighted by atomic mass is 32.2. The Kier molecular flexibility index (Phi) is 5.09. The van der Waals surface area contributed by atoms with E-state index in [-0.39, 0.29) is 12.0 Å². The minimum Gasteiger partial charge on any atom is -0.497 e. The SMILES string of the molecule is COc1ccc([C@@H]2C[C@H](C)c3ccccc3N2S(=O)(=O)c2ccc(C)cc2)cc1. The summed E-state index contributed by atoms with van der Waals surface area (Å²) in [5.41, 5.74) is 3.81. The van der Waals surface area contributed by atoms with Gasteiger partial charge >= 0.3 is 0 Å². The first-order valence-electron chi connectivity index (χ1n) is 9.76. The minimum atomic E-state index is -3.73. The van der Waals surface area contributed by atoms with Crippen LogP contribution in [0.3, 0.4) is 0 Å². The third-order valence-electron chi connectivity index (χ3n) is 5.64. The van der Waals surface area contributed by atoms with Crippen LogP contribution in [-0.4, -0.2) is 15.5 Å². The Labute approximate surface area is 172 Å². The molecule has 150 valence electrons. The van der Waals surface area contributed by atoms with Crippen molar-refractivity contribution in [1.29, 1.82) is 0 Å². The molecule has 0 amide bonds. The molecule has 0 unspecified atom stereocenters. The van der Waals surface area contributed by atoms with Crippen LogP contribution < -0.4 is 9.04 Å². The molecule has 0 aromatic heterocycles. The Bertz CT molecular complexity index is 1110. The van der Waals surface area contributed by atoms with Crippen molar-refractivity contribution in [2.45, 2.75) is 37.1 Å². The van der Waals surface area contributed by atoms with Gasteiger partial charge in [0, 0.05) is 0 Å². The van der Waals surface area contributed by atoms with Crippen LogP contribution in [0, 0.1) is 6.92 Å². The molecular formula is C24H25NO3S. The molecule has 0 fully saturated rings. The van der Waals surface area contributed by atoms with E-state index in [4.69, 9.17) is 4.74 Å². The van der Waals surface area contributed by atoms with Gasteiger partial charge in [0.25, 0.3) is 10.0 Å². The second-order valence-corrected chi connectivity index (χ2v) is 9.41. The van der Waals surface area contributed by atoms with Gasteiger partial charge in [0.1, 0.15) is 5.75 Å². The fourth-order valence-corrected chi connectivity index (χ4v) is 5.72. The number of nitrogens with zero attached hydrogens (tertiary/aromatic N) is 1. The molecule has 4 nitrogen and oxygen atoms in total. The van der Waals surface area contributed by atoms with E-state index in [1.165, 1.54) is 0 Å². The van der Waals surface area contributed by atoms with Gasteiger partial charge in [0.05, 0.1) is 23.7 Å². The van der Waals surface area contributed by atoms with Crippen LogP contribution >= 0.6 is 0 Å². The van der Waals surface area contributed by atoms with E-state index < -0.39 is 10.0 Å². The molecule has 0 aliphatic carbocycles. The molecule has 1 heterocycles. The van der Waals surface area contributed by atoms with Gasteiger partial charge in [-0.2, -0.15) is 0 Å². The van der Waals surface area contributed by atoms with E-state index >= 15 is 0 Å².